The summed E-state index contributed by atoms with van der Waals surface area (Å²) in [5, 5.41) is 2.93. The Labute approximate surface area is 162 Å². The predicted octanol–water partition coefficient (Wildman–Crippen LogP) is 2.36. The van der Waals surface area contributed by atoms with Crippen LogP contribution in [0.5, 0.6) is 5.75 Å². The van der Waals surface area contributed by atoms with E-state index in [1.165, 1.54) is 0 Å². The number of anilines is 1. The SMILES string of the molecule is O=C(CCN1C(=O)COc2ccccc21)NCCCn1cnc2ccccc21. The average molecular weight is 378 g/mol. The van der Waals surface area contributed by atoms with Crippen LogP contribution in [-0.2, 0) is 16.1 Å². The maximum Gasteiger partial charge on any atom is 0.265 e. The van der Waals surface area contributed by atoms with E-state index in [2.05, 4.69) is 14.9 Å². The summed E-state index contributed by atoms with van der Waals surface area (Å²) in [6.07, 6.45) is 2.90. The highest BCUT2D eigenvalue weighted by Gasteiger charge is 2.25. The molecule has 0 radical (unpaired) electrons. The maximum absolute atomic E-state index is 12.2. The van der Waals surface area contributed by atoms with Gasteiger partial charge in [-0.1, -0.05) is 24.3 Å². The highest BCUT2D eigenvalue weighted by molar-refractivity contribution is 5.98. The van der Waals surface area contributed by atoms with Crippen LogP contribution in [0.3, 0.4) is 0 Å². The van der Waals surface area contributed by atoms with Crippen LogP contribution in [0, 0.1) is 0 Å². The van der Waals surface area contributed by atoms with Crippen LogP contribution >= 0.6 is 0 Å². The summed E-state index contributed by atoms with van der Waals surface area (Å²) in [4.78, 5) is 30.3. The molecule has 2 amide bonds. The Bertz CT molecular complexity index is 998. The van der Waals surface area contributed by atoms with Gasteiger partial charge in [0.1, 0.15) is 5.75 Å². The molecule has 4 rings (SSSR count). The first-order valence-electron chi connectivity index (χ1n) is 9.41. The number of carbonyl (C=O) groups excluding carboxylic acids is 2. The van der Waals surface area contributed by atoms with Crippen LogP contribution in [0.4, 0.5) is 5.69 Å². The third-order valence-corrected chi connectivity index (χ3v) is 4.80. The molecule has 2 heterocycles. The molecule has 0 aliphatic carbocycles. The molecule has 7 heteroatoms. The van der Waals surface area contributed by atoms with E-state index in [9.17, 15) is 9.59 Å². The Morgan fingerprint density at radius 3 is 2.86 bits per heavy atom. The van der Waals surface area contributed by atoms with Gasteiger partial charge in [0, 0.05) is 26.1 Å². The van der Waals surface area contributed by atoms with E-state index in [4.69, 9.17) is 4.74 Å². The molecule has 0 fully saturated rings. The van der Waals surface area contributed by atoms with Crippen molar-refractivity contribution < 1.29 is 14.3 Å². The van der Waals surface area contributed by atoms with E-state index >= 15 is 0 Å². The lowest BCUT2D eigenvalue weighted by atomic mass is 10.2. The molecular weight excluding hydrogens is 356 g/mol. The highest BCUT2D eigenvalue weighted by atomic mass is 16.5. The second-order valence-corrected chi connectivity index (χ2v) is 6.68. The normalized spacial score (nSPS) is 13.3. The van der Waals surface area contributed by atoms with Crippen molar-refractivity contribution in [1.29, 1.82) is 0 Å². The largest absolute Gasteiger partial charge is 0.482 e. The van der Waals surface area contributed by atoms with Gasteiger partial charge < -0.3 is 19.5 Å². The number of ether oxygens (including phenoxy) is 1. The molecule has 144 valence electrons. The summed E-state index contributed by atoms with van der Waals surface area (Å²) in [5.41, 5.74) is 2.79. The van der Waals surface area contributed by atoms with Gasteiger partial charge in [-0.15, -0.1) is 0 Å². The fraction of sp³-hybridized carbons (Fsp3) is 0.286. The molecule has 1 aliphatic heterocycles. The van der Waals surface area contributed by atoms with Gasteiger partial charge in [-0.2, -0.15) is 0 Å². The zero-order valence-electron chi connectivity index (χ0n) is 15.5. The van der Waals surface area contributed by atoms with E-state index in [-0.39, 0.29) is 24.8 Å². The zero-order chi connectivity index (χ0) is 19.3. The van der Waals surface area contributed by atoms with Gasteiger partial charge >= 0.3 is 0 Å². The molecule has 1 aliphatic rings. The number of para-hydroxylation sites is 4. The molecule has 0 saturated carbocycles. The fourth-order valence-electron chi connectivity index (χ4n) is 3.37. The maximum atomic E-state index is 12.2. The van der Waals surface area contributed by atoms with Crippen LogP contribution < -0.4 is 15.0 Å². The second-order valence-electron chi connectivity index (χ2n) is 6.68. The van der Waals surface area contributed by atoms with Crippen LogP contribution in [0.1, 0.15) is 12.8 Å². The number of benzene rings is 2. The Kier molecular flexibility index (Phi) is 5.23. The van der Waals surface area contributed by atoms with Crippen molar-refractivity contribution in [2.75, 3.05) is 24.6 Å². The van der Waals surface area contributed by atoms with Gasteiger partial charge in [-0.3, -0.25) is 9.59 Å². The Morgan fingerprint density at radius 1 is 1.11 bits per heavy atom. The number of imidazole rings is 1. The minimum atomic E-state index is -0.126. The third-order valence-electron chi connectivity index (χ3n) is 4.80. The molecule has 1 aromatic heterocycles. The molecule has 0 bridgehead atoms. The van der Waals surface area contributed by atoms with E-state index in [1.54, 1.807) is 4.90 Å². The smallest absolute Gasteiger partial charge is 0.265 e. The summed E-state index contributed by atoms with van der Waals surface area (Å²) in [6, 6.07) is 15.4. The molecule has 0 spiro atoms. The van der Waals surface area contributed by atoms with Gasteiger partial charge in [0.05, 0.1) is 23.0 Å². The molecule has 0 unspecified atom stereocenters. The third kappa shape index (κ3) is 3.83. The van der Waals surface area contributed by atoms with E-state index < -0.39 is 0 Å². The van der Waals surface area contributed by atoms with Crippen molar-refractivity contribution in [3.8, 4) is 5.75 Å². The van der Waals surface area contributed by atoms with Crippen LogP contribution in [0.25, 0.3) is 11.0 Å². The molecular formula is C21H22N4O3. The first-order chi connectivity index (χ1) is 13.7. The predicted molar refractivity (Wildman–Crippen MR) is 106 cm³/mol. The van der Waals surface area contributed by atoms with Crippen molar-refractivity contribution >= 4 is 28.5 Å². The Morgan fingerprint density at radius 2 is 1.93 bits per heavy atom. The monoisotopic (exact) mass is 378 g/mol. The number of rotatable bonds is 7. The molecule has 2 aromatic carbocycles. The lowest BCUT2D eigenvalue weighted by Gasteiger charge is -2.29. The topological polar surface area (TPSA) is 76.5 Å². The van der Waals surface area contributed by atoms with Crippen LogP contribution in [-0.4, -0.2) is 41.1 Å². The van der Waals surface area contributed by atoms with Gasteiger partial charge in [0.2, 0.25) is 5.91 Å². The first-order valence-corrected chi connectivity index (χ1v) is 9.41. The standard InChI is InChI=1S/C21H22N4O3/c26-20(10-13-25-18-8-3-4-9-19(18)28-14-21(25)27)22-11-5-12-24-15-23-16-6-1-2-7-17(16)24/h1-4,6-9,15H,5,10-14H2,(H,22,26). The highest BCUT2D eigenvalue weighted by Crippen LogP contribution is 2.31. The summed E-state index contributed by atoms with van der Waals surface area (Å²) in [5.74, 6) is 0.487. The van der Waals surface area contributed by atoms with E-state index in [0.717, 1.165) is 29.7 Å². The van der Waals surface area contributed by atoms with Crippen molar-refractivity contribution in [2.24, 2.45) is 0 Å². The van der Waals surface area contributed by atoms with Gasteiger partial charge in [-0.25, -0.2) is 4.98 Å². The number of nitrogens with one attached hydrogen (secondary N) is 1. The lowest BCUT2D eigenvalue weighted by molar-refractivity contribution is -0.122. The number of nitrogens with zero attached hydrogens (tertiary/aromatic N) is 3. The van der Waals surface area contributed by atoms with Gasteiger partial charge in [0.15, 0.2) is 6.61 Å². The van der Waals surface area contributed by atoms with E-state index in [1.807, 2.05) is 54.9 Å². The number of hydrogen-bond acceptors (Lipinski definition) is 4. The molecule has 7 nitrogen and oxygen atoms in total. The number of aromatic nitrogens is 2. The molecule has 3 aromatic rings. The molecule has 1 N–H and O–H groups in total. The average Bonchev–Trinajstić information content (AvgIpc) is 3.13. The minimum absolute atomic E-state index is 0.0114. The van der Waals surface area contributed by atoms with Gasteiger partial charge in [0.25, 0.3) is 5.91 Å². The summed E-state index contributed by atoms with van der Waals surface area (Å²) in [7, 11) is 0. The van der Waals surface area contributed by atoms with Crippen molar-refractivity contribution in [3.63, 3.8) is 0 Å². The van der Waals surface area contributed by atoms with Crippen molar-refractivity contribution in [2.45, 2.75) is 19.4 Å². The molecule has 0 saturated heterocycles. The second kappa shape index (κ2) is 8.12. The van der Waals surface area contributed by atoms with Crippen LogP contribution in [0.2, 0.25) is 0 Å². The van der Waals surface area contributed by atoms with Crippen molar-refractivity contribution in [1.82, 2.24) is 14.9 Å². The lowest BCUT2D eigenvalue weighted by Crippen LogP contribution is -2.41. The Balaban J connectivity index is 1.24. The number of hydrogen-bond donors (Lipinski definition) is 1. The zero-order valence-corrected chi connectivity index (χ0v) is 15.5. The van der Waals surface area contributed by atoms with Crippen molar-refractivity contribution in [3.05, 3.63) is 54.9 Å². The summed E-state index contributed by atoms with van der Waals surface area (Å²) in [6.45, 7) is 1.73. The quantitative estimate of drug-likeness (QED) is 0.641. The van der Waals surface area contributed by atoms with Gasteiger partial charge in [-0.05, 0) is 30.7 Å². The number of amides is 2. The fourth-order valence-corrected chi connectivity index (χ4v) is 3.37. The Hall–Kier alpha value is -3.35. The number of aryl methyl sites for hydroxylation is 1. The molecule has 0 atom stereocenters. The summed E-state index contributed by atoms with van der Waals surface area (Å²) < 4.78 is 7.51. The summed E-state index contributed by atoms with van der Waals surface area (Å²) >= 11 is 0. The number of carbonyl (C=O) groups is 2. The van der Waals surface area contributed by atoms with E-state index in [0.29, 0.717) is 18.8 Å². The number of fused-ring (bicyclic) bond motifs is 2. The first kappa shape index (κ1) is 18.0. The van der Waals surface area contributed by atoms with Crippen LogP contribution in [0.15, 0.2) is 54.9 Å². The minimum Gasteiger partial charge on any atom is -0.482 e. The molecule has 28 heavy (non-hydrogen) atoms.